The Labute approximate surface area is 332 Å². The van der Waals surface area contributed by atoms with Crippen LogP contribution in [0.5, 0.6) is 0 Å². The van der Waals surface area contributed by atoms with Gasteiger partial charge in [0.25, 0.3) is 11.8 Å². The molecule has 0 aliphatic rings. The summed E-state index contributed by atoms with van der Waals surface area (Å²) in [5.41, 5.74) is 4.58. The highest BCUT2D eigenvalue weighted by Crippen LogP contribution is 2.24. The van der Waals surface area contributed by atoms with Gasteiger partial charge >= 0.3 is 11.9 Å². The van der Waals surface area contributed by atoms with Gasteiger partial charge in [-0.3, -0.25) is 19.2 Å². The van der Waals surface area contributed by atoms with Gasteiger partial charge in [-0.2, -0.15) is 0 Å². The summed E-state index contributed by atoms with van der Waals surface area (Å²) in [6.07, 6.45) is -0.500. The van der Waals surface area contributed by atoms with Crippen LogP contribution in [0.2, 0.25) is 10.0 Å². The summed E-state index contributed by atoms with van der Waals surface area (Å²) in [5, 5.41) is 33.4. The Morgan fingerprint density at radius 1 is 0.607 bits per heavy atom. The Balaban J connectivity index is 0.000000214. The summed E-state index contributed by atoms with van der Waals surface area (Å²) >= 11 is 12.4. The SMILES string of the molecule is Cc1ccc([C@H](CC(=O)O)NC(=O)c2nc(C)n(-c3ccccc3Cl)n2)cc1.Cc1ccccc1[C@H](CC(=O)O)NC(=O)c1nc(C)n(-c2ccccc2Cl)n1. The molecule has 16 heteroatoms. The maximum atomic E-state index is 12.7. The molecule has 6 rings (SSSR count). The largest absolute Gasteiger partial charge is 0.481 e. The summed E-state index contributed by atoms with van der Waals surface area (Å²) in [6.45, 7) is 7.22. The number of amides is 2. The van der Waals surface area contributed by atoms with Gasteiger partial charge in [0.2, 0.25) is 11.6 Å². The molecule has 2 aromatic heterocycles. The number of benzene rings is 4. The minimum Gasteiger partial charge on any atom is -0.481 e. The Kier molecular flexibility index (Phi) is 13.3. The minimum absolute atomic E-state index is 0.0543. The zero-order chi connectivity index (χ0) is 40.5. The first-order valence-corrected chi connectivity index (χ1v) is 18.0. The minimum atomic E-state index is -1.02. The highest BCUT2D eigenvalue weighted by Gasteiger charge is 2.25. The second-order valence-corrected chi connectivity index (χ2v) is 13.5. The average molecular weight is 798 g/mol. The second-order valence-electron chi connectivity index (χ2n) is 12.7. The van der Waals surface area contributed by atoms with Crippen molar-refractivity contribution in [2.24, 2.45) is 0 Å². The molecule has 4 N–H and O–H groups in total. The number of aromatic nitrogens is 6. The summed E-state index contributed by atoms with van der Waals surface area (Å²) in [6, 6.07) is 27.4. The van der Waals surface area contributed by atoms with Gasteiger partial charge in [-0.15, -0.1) is 10.2 Å². The third kappa shape index (κ3) is 10.2. The molecule has 2 amide bonds. The van der Waals surface area contributed by atoms with Crippen molar-refractivity contribution in [1.82, 2.24) is 40.2 Å². The fourth-order valence-corrected chi connectivity index (χ4v) is 6.17. The van der Waals surface area contributed by atoms with E-state index < -0.39 is 35.8 Å². The predicted octanol–water partition coefficient (Wildman–Crippen LogP) is 6.97. The summed E-state index contributed by atoms with van der Waals surface area (Å²) in [7, 11) is 0. The quantitative estimate of drug-likeness (QED) is 0.101. The van der Waals surface area contributed by atoms with Crippen molar-refractivity contribution in [3.8, 4) is 11.4 Å². The second kappa shape index (κ2) is 18.3. The summed E-state index contributed by atoms with van der Waals surface area (Å²) in [4.78, 5) is 56.4. The van der Waals surface area contributed by atoms with Gasteiger partial charge in [0, 0.05) is 0 Å². The molecule has 0 spiro atoms. The molecule has 0 aliphatic heterocycles. The van der Waals surface area contributed by atoms with Crippen LogP contribution in [0, 0.1) is 27.7 Å². The lowest BCUT2D eigenvalue weighted by Crippen LogP contribution is -2.31. The first kappa shape index (κ1) is 40.8. The number of carboxylic acids is 2. The van der Waals surface area contributed by atoms with E-state index in [9.17, 15) is 29.4 Å². The molecule has 0 aliphatic carbocycles. The van der Waals surface area contributed by atoms with Crippen LogP contribution in [-0.4, -0.2) is 63.5 Å². The normalized spacial score (nSPS) is 11.8. The Morgan fingerprint density at radius 2 is 1.04 bits per heavy atom. The summed E-state index contributed by atoms with van der Waals surface area (Å²) in [5.74, 6) is -2.27. The number of para-hydroxylation sites is 2. The van der Waals surface area contributed by atoms with Crippen LogP contribution >= 0.6 is 23.2 Å². The van der Waals surface area contributed by atoms with E-state index >= 15 is 0 Å². The van der Waals surface area contributed by atoms with Gasteiger partial charge in [0.15, 0.2) is 0 Å². The number of hydrogen-bond donors (Lipinski definition) is 4. The highest BCUT2D eigenvalue weighted by molar-refractivity contribution is 6.32. The molecule has 0 unspecified atom stereocenters. The van der Waals surface area contributed by atoms with Crippen LogP contribution in [0.15, 0.2) is 97.1 Å². The van der Waals surface area contributed by atoms with E-state index in [0.717, 1.165) is 16.7 Å². The lowest BCUT2D eigenvalue weighted by atomic mass is 9.99. The van der Waals surface area contributed by atoms with E-state index in [0.29, 0.717) is 38.6 Å². The van der Waals surface area contributed by atoms with E-state index in [1.165, 1.54) is 9.36 Å². The maximum absolute atomic E-state index is 12.7. The highest BCUT2D eigenvalue weighted by atomic mass is 35.5. The molecular formula is C40H38Cl2N8O6. The molecule has 2 atom stereocenters. The van der Waals surface area contributed by atoms with Crippen LogP contribution in [0.1, 0.15) is 80.1 Å². The van der Waals surface area contributed by atoms with Gasteiger partial charge in [-0.05, 0) is 68.7 Å². The summed E-state index contributed by atoms with van der Waals surface area (Å²) < 4.78 is 2.96. The number of halogens is 2. The lowest BCUT2D eigenvalue weighted by molar-refractivity contribution is -0.138. The van der Waals surface area contributed by atoms with Crippen molar-refractivity contribution < 1.29 is 29.4 Å². The number of aliphatic carboxylic acids is 2. The van der Waals surface area contributed by atoms with Gasteiger partial charge in [0.1, 0.15) is 11.6 Å². The number of rotatable bonds is 12. The van der Waals surface area contributed by atoms with E-state index in [2.05, 4.69) is 30.8 Å². The first-order chi connectivity index (χ1) is 26.7. The number of carbonyl (C=O) groups excluding carboxylic acids is 2. The Morgan fingerprint density at radius 3 is 1.50 bits per heavy atom. The zero-order valence-corrected chi connectivity index (χ0v) is 32.3. The van der Waals surface area contributed by atoms with Crippen molar-refractivity contribution in [2.45, 2.75) is 52.6 Å². The zero-order valence-electron chi connectivity index (χ0n) is 30.8. The monoisotopic (exact) mass is 796 g/mol. The predicted molar refractivity (Wildman–Crippen MR) is 209 cm³/mol. The number of carboxylic acid groups (broad SMARTS) is 2. The molecule has 6 aromatic rings. The average Bonchev–Trinajstić information content (AvgIpc) is 3.74. The number of hydrogen-bond acceptors (Lipinski definition) is 8. The van der Waals surface area contributed by atoms with Crippen molar-refractivity contribution in [1.29, 1.82) is 0 Å². The van der Waals surface area contributed by atoms with E-state index in [4.69, 9.17) is 23.2 Å². The molecular weight excluding hydrogens is 759 g/mol. The van der Waals surface area contributed by atoms with Crippen LogP contribution in [-0.2, 0) is 9.59 Å². The first-order valence-electron chi connectivity index (χ1n) is 17.3. The molecule has 0 bridgehead atoms. The van der Waals surface area contributed by atoms with E-state index in [-0.39, 0.29) is 24.5 Å². The number of nitrogens with one attached hydrogen (secondary N) is 2. The van der Waals surface area contributed by atoms with Gasteiger partial charge in [-0.1, -0.05) is 102 Å². The van der Waals surface area contributed by atoms with Crippen molar-refractivity contribution in [2.75, 3.05) is 0 Å². The van der Waals surface area contributed by atoms with Gasteiger partial charge < -0.3 is 20.8 Å². The standard InChI is InChI=1S/2C20H19ClN4O3/c1-12-7-3-4-8-14(12)16(11-18(26)27)23-20(28)19-22-13(2)25(24-19)17-10-6-5-9-15(17)21;1-12-7-9-14(10-8-12)16(11-18(26)27)23-20(28)19-22-13(2)25(24-19)17-6-4-3-5-15(17)21/h2*3-10,16H,11H2,1-2H3,(H,23,28)(H,26,27)/t2*16-/m00/s1. The van der Waals surface area contributed by atoms with Crippen molar-refractivity contribution in [3.05, 3.63) is 153 Å². The number of carbonyl (C=O) groups is 4. The molecule has 14 nitrogen and oxygen atoms in total. The fraction of sp³-hybridized carbons (Fsp3) is 0.200. The topological polar surface area (TPSA) is 194 Å². The van der Waals surface area contributed by atoms with Crippen LogP contribution < -0.4 is 10.6 Å². The number of nitrogens with zero attached hydrogens (tertiary/aromatic N) is 6. The maximum Gasteiger partial charge on any atom is 0.305 e. The molecule has 0 saturated heterocycles. The van der Waals surface area contributed by atoms with Crippen molar-refractivity contribution >= 4 is 47.0 Å². The molecule has 0 radical (unpaired) electrons. The molecule has 2 heterocycles. The lowest BCUT2D eigenvalue weighted by Gasteiger charge is -2.18. The molecule has 288 valence electrons. The van der Waals surface area contributed by atoms with Crippen LogP contribution in [0.3, 0.4) is 0 Å². The number of aryl methyl sites for hydroxylation is 4. The molecule has 56 heavy (non-hydrogen) atoms. The molecule has 0 saturated carbocycles. The Bertz CT molecular complexity index is 2380. The molecule has 0 fully saturated rings. The van der Waals surface area contributed by atoms with Crippen LogP contribution in [0.4, 0.5) is 0 Å². The van der Waals surface area contributed by atoms with E-state index in [1.807, 2.05) is 50.2 Å². The van der Waals surface area contributed by atoms with Gasteiger partial charge in [0.05, 0.1) is 46.3 Å². The van der Waals surface area contributed by atoms with Gasteiger partial charge in [-0.25, -0.2) is 19.3 Å². The third-order valence-corrected chi connectivity index (χ3v) is 9.16. The van der Waals surface area contributed by atoms with E-state index in [1.54, 1.807) is 74.5 Å². The Hall–Kier alpha value is -6.38. The smallest absolute Gasteiger partial charge is 0.305 e. The van der Waals surface area contributed by atoms with Crippen molar-refractivity contribution in [3.63, 3.8) is 0 Å². The third-order valence-electron chi connectivity index (χ3n) is 8.52. The van der Waals surface area contributed by atoms with Crippen LogP contribution in [0.25, 0.3) is 11.4 Å². The molecule has 4 aromatic carbocycles. The fourth-order valence-electron chi connectivity index (χ4n) is 5.74.